The summed E-state index contributed by atoms with van der Waals surface area (Å²) < 4.78 is 0. The lowest BCUT2D eigenvalue weighted by Crippen LogP contribution is -2.36. The van der Waals surface area contributed by atoms with E-state index in [0.717, 1.165) is 35.9 Å². The molecule has 0 radical (unpaired) electrons. The standard InChI is InChI=1S/C21H19N5S/c1-2-4-16(5-3-1)21-25-17(13-27-21)12-26-11-8-18-19(24-14-23-18)20(26)15-6-9-22-10-7-15/h1-7,9-10,13-14,20H,8,11-12H2,(H,23,24). The van der Waals surface area contributed by atoms with Crippen molar-refractivity contribution in [3.8, 4) is 10.6 Å². The summed E-state index contributed by atoms with van der Waals surface area (Å²) in [6, 6.07) is 14.7. The van der Waals surface area contributed by atoms with Crippen molar-refractivity contribution in [2.75, 3.05) is 6.54 Å². The van der Waals surface area contributed by atoms with E-state index in [4.69, 9.17) is 4.98 Å². The zero-order valence-electron chi connectivity index (χ0n) is 14.7. The third-order valence-corrected chi connectivity index (χ3v) is 5.92. The molecule has 4 heterocycles. The van der Waals surface area contributed by atoms with E-state index in [0.29, 0.717) is 0 Å². The van der Waals surface area contributed by atoms with Gasteiger partial charge < -0.3 is 4.98 Å². The Morgan fingerprint density at radius 3 is 2.81 bits per heavy atom. The van der Waals surface area contributed by atoms with E-state index in [-0.39, 0.29) is 6.04 Å². The zero-order valence-corrected chi connectivity index (χ0v) is 15.6. The van der Waals surface area contributed by atoms with Gasteiger partial charge in [-0.1, -0.05) is 30.3 Å². The van der Waals surface area contributed by atoms with Crippen molar-refractivity contribution in [1.29, 1.82) is 0 Å². The van der Waals surface area contributed by atoms with Crippen molar-refractivity contribution >= 4 is 11.3 Å². The Kier molecular flexibility index (Phi) is 4.27. The number of rotatable bonds is 4. The van der Waals surface area contributed by atoms with E-state index >= 15 is 0 Å². The van der Waals surface area contributed by atoms with Gasteiger partial charge in [0.15, 0.2) is 0 Å². The lowest BCUT2D eigenvalue weighted by Gasteiger charge is -2.34. The van der Waals surface area contributed by atoms with Crippen LogP contribution in [-0.2, 0) is 13.0 Å². The van der Waals surface area contributed by atoms with Gasteiger partial charge in [0.05, 0.1) is 23.8 Å². The Balaban J connectivity index is 1.45. The van der Waals surface area contributed by atoms with Crippen LogP contribution in [-0.4, -0.2) is 31.4 Å². The summed E-state index contributed by atoms with van der Waals surface area (Å²) in [5.74, 6) is 0. The normalized spacial score (nSPS) is 17.0. The Labute approximate surface area is 161 Å². The van der Waals surface area contributed by atoms with Crippen molar-refractivity contribution in [3.05, 3.63) is 89.2 Å². The summed E-state index contributed by atoms with van der Waals surface area (Å²) in [6.07, 6.45) is 6.49. The van der Waals surface area contributed by atoms with Gasteiger partial charge in [-0.05, 0) is 17.7 Å². The summed E-state index contributed by atoms with van der Waals surface area (Å²) in [5, 5.41) is 3.25. The Hall–Kier alpha value is -2.83. The molecule has 1 aromatic carbocycles. The third-order valence-electron chi connectivity index (χ3n) is 4.98. The van der Waals surface area contributed by atoms with E-state index < -0.39 is 0 Å². The molecule has 0 spiro atoms. The molecule has 27 heavy (non-hydrogen) atoms. The van der Waals surface area contributed by atoms with Gasteiger partial charge in [-0.25, -0.2) is 9.97 Å². The monoisotopic (exact) mass is 373 g/mol. The van der Waals surface area contributed by atoms with Gasteiger partial charge in [0.2, 0.25) is 0 Å². The van der Waals surface area contributed by atoms with E-state index in [1.165, 1.54) is 16.8 Å². The smallest absolute Gasteiger partial charge is 0.123 e. The lowest BCUT2D eigenvalue weighted by atomic mass is 9.96. The van der Waals surface area contributed by atoms with Crippen LogP contribution in [0.5, 0.6) is 0 Å². The molecule has 0 saturated carbocycles. The minimum Gasteiger partial charge on any atom is -0.348 e. The van der Waals surface area contributed by atoms with E-state index in [1.54, 1.807) is 17.7 Å². The number of nitrogens with one attached hydrogen (secondary N) is 1. The molecule has 5 nitrogen and oxygen atoms in total. The average molecular weight is 373 g/mol. The molecule has 3 aromatic heterocycles. The fourth-order valence-electron chi connectivity index (χ4n) is 3.71. The maximum absolute atomic E-state index is 4.88. The molecule has 1 aliphatic heterocycles. The number of aromatic nitrogens is 4. The highest BCUT2D eigenvalue weighted by Crippen LogP contribution is 2.34. The van der Waals surface area contributed by atoms with Gasteiger partial charge >= 0.3 is 0 Å². The highest BCUT2D eigenvalue weighted by molar-refractivity contribution is 7.13. The summed E-state index contributed by atoms with van der Waals surface area (Å²) >= 11 is 1.71. The molecule has 4 aromatic rings. The van der Waals surface area contributed by atoms with Gasteiger partial charge in [-0.2, -0.15) is 0 Å². The third kappa shape index (κ3) is 3.18. The molecule has 0 saturated heterocycles. The molecule has 0 aliphatic carbocycles. The van der Waals surface area contributed by atoms with Crippen LogP contribution in [0.25, 0.3) is 10.6 Å². The van der Waals surface area contributed by atoms with Gasteiger partial charge in [-0.3, -0.25) is 9.88 Å². The fraction of sp³-hybridized carbons (Fsp3) is 0.190. The van der Waals surface area contributed by atoms with Crippen LogP contribution in [0.15, 0.2) is 66.6 Å². The fourth-order valence-corrected chi connectivity index (χ4v) is 4.53. The first-order chi connectivity index (χ1) is 13.4. The minimum atomic E-state index is 0.130. The maximum Gasteiger partial charge on any atom is 0.123 e. The van der Waals surface area contributed by atoms with Gasteiger partial charge in [0.25, 0.3) is 0 Å². The van der Waals surface area contributed by atoms with Crippen LogP contribution in [0, 0.1) is 0 Å². The summed E-state index contributed by atoms with van der Waals surface area (Å²) in [7, 11) is 0. The average Bonchev–Trinajstić information content (AvgIpc) is 3.39. The van der Waals surface area contributed by atoms with Crippen molar-refractivity contribution in [2.45, 2.75) is 19.0 Å². The number of nitrogens with zero attached hydrogens (tertiary/aromatic N) is 4. The van der Waals surface area contributed by atoms with Crippen LogP contribution >= 0.6 is 11.3 Å². The van der Waals surface area contributed by atoms with Crippen molar-refractivity contribution in [2.24, 2.45) is 0 Å². The molecule has 1 N–H and O–H groups in total. The first kappa shape index (κ1) is 16.4. The Morgan fingerprint density at radius 2 is 1.96 bits per heavy atom. The number of fused-ring (bicyclic) bond motifs is 1. The lowest BCUT2D eigenvalue weighted by molar-refractivity contribution is 0.198. The number of thiazole rings is 1. The molecular formula is C21H19N5S. The molecule has 1 aliphatic rings. The molecule has 1 unspecified atom stereocenters. The topological polar surface area (TPSA) is 57.7 Å². The maximum atomic E-state index is 4.88. The Morgan fingerprint density at radius 1 is 1.11 bits per heavy atom. The minimum absolute atomic E-state index is 0.130. The van der Waals surface area contributed by atoms with Crippen LogP contribution in [0.1, 0.15) is 28.7 Å². The zero-order chi connectivity index (χ0) is 18.1. The predicted molar refractivity (Wildman–Crippen MR) is 106 cm³/mol. The van der Waals surface area contributed by atoms with Crippen LogP contribution in [0.4, 0.5) is 0 Å². The molecular weight excluding hydrogens is 354 g/mol. The highest BCUT2D eigenvalue weighted by Gasteiger charge is 2.31. The van der Waals surface area contributed by atoms with Crippen LogP contribution < -0.4 is 0 Å². The van der Waals surface area contributed by atoms with E-state index in [9.17, 15) is 0 Å². The number of aromatic amines is 1. The van der Waals surface area contributed by atoms with Crippen LogP contribution in [0.2, 0.25) is 0 Å². The molecule has 1 atom stereocenters. The number of hydrogen-bond donors (Lipinski definition) is 1. The second-order valence-corrected chi connectivity index (χ2v) is 7.54. The second kappa shape index (κ2) is 7.06. The van der Waals surface area contributed by atoms with Crippen molar-refractivity contribution in [3.63, 3.8) is 0 Å². The quantitative estimate of drug-likeness (QED) is 0.586. The van der Waals surface area contributed by atoms with Gasteiger partial charge in [-0.15, -0.1) is 11.3 Å². The molecule has 6 heteroatoms. The number of hydrogen-bond acceptors (Lipinski definition) is 5. The molecule has 0 amide bonds. The van der Waals surface area contributed by atoms with Gasteiger partial charge in [0.1, 0.15) is 5.01 Å². The number of benzene rings is 1. The van der Waals surface area contributed by atoms with Crippen LogP contribution in [0.3, 0.4) is 0 Å². The first-order valence-corrected chi connectivity index (χ1v) is 9.92. The van der Waals surface area contributed by atoms with Crippen molar-refractivity contribution < 1.29 is 0 Å². The Bertz CT molecular complexity index is 1020. The summed E-state index contributed by atoms with van der Waals surface area (Å²) in [6.45, 7) is 1.78. The largest absolute Gasteiger partial charge is 0.348 e. The highest BCUT2D eigenvalue weighted by atomic mass is 32.1. The molecule has 0 fully saturated rings. The van der Waals surface area contributed by atoms with Gasteiger partial charge in [0, 0.05) is 48.5 Å². The van der Waals surface area contributed by atoms with Crippen molar-refractivity contribution in [1.82, 2.24) is 24.8 Å². The second-order valence-electron chi connectivity index (χ2n) is 6.68. The summed E-state index contributed by atoms with van der Waals surface area (Å²) in [5.41, 5.74) is 5.85. The number of imidazole rings is 1. The van der Waals surface area contributed by atoms with E-state index in [2.05, 4.69) is 61.6 Å². The molecule has 134 valence electrons. The number of pyridine rings is 1. The van der Waals surface area contributed by atoms with E-state index in [1.807, 2.05) is 18.5 Å². The molecule has 5 rings (SSSR count). The number of H-pyrrole nitrogens is 1. The molecule has 0 bridgehead atoms. The first-order valence-electron chi connectivity index (χ1n) is 9.04. The SMILES string of the molecule is c1ccc(-c2nc(CN3CCc4[nH]cnc4C3c3ccncc3)cs2)cc1. The predicted octanol–water partition coefficient (Wildman–Crippen LogP) is 4.08. The summed E-state index contributed by atoms with van der Waals surface area (Å²) in [4.78, 5) is 19.4.